The van der Waals surface area contributed by atoms with E-state index in [1.54, 1.807) is 0 Å². The monoisotopic (exact) mass is 236 g/mol. The van der Waals surface area contributed by atoms with Gasteiger partial charge in [-0.1, -0.05) is 29.6 Å². The first kappa shape index (κ1) is 13.3. The first-order valence-electron chi connectivity index (χ1n) is 4.13. The fourth-order valence-electron chi connectivity index (χ4n) is 0.874. The zero-order valence-corrected chi connectivity index (χ0v) is 9.01. The molecule has 14 heavy (non-hydrogen) atoms. The van der Waals surface area contributed by atoms with Gasteiger partial charge in [-0.3, -0.25) is 0 Å². The third-order valence-corrected chi connectivity index (χ3v) is 2.07. The molecule has 0 aliphatic rings. The van der Waals surface area contributed by atoms with Crippen molar-refractivity contribution >= 4 is 35.4 Å². The Morgan fingerprint density at radius 1 is 1.07 bits per heavy atom. The van der Waals surface area contributed by atoms with E-state index in [1.165, 1.54) is 12.2 Å². The SMILES string of the molecule is O=C=NCCCCCC(Cl)(Cl)N=C=O. The van der Waals surface area contributed by atoms with Gasteiger partial charge < -0.3 is 0 Å². The fraction of sp³-hybridized carbons (Fsp3) is 0.750. The standard InChI is InChI=1S/C8H10Cl2N2O2/c9-8(10,12-7-14)4-2-1-3-5-11-6-13/h1-5H2. The molecule has 0 saturated heterocycles. The Morgan fingerprint density at radius 2 is 1.79 bits per heavy atom. The predicted octanol–water partition coefficient (Wildman–Crippen LogP) is 2.35. The topological polar surface area (TPSA) is 58.9 Å². The highest BCUT2D eigenvalue weighted by atomic mass is 35.5. The molecule has 0 N–H and O–H groups in total. The summed E-state index contributed by atoms with van der Waals surface area (Å²) in [7, 11) is 0. The summed E-state index contributed by atoms with van der Waals surface area (Å²) >= 11 is 11.3. The number of aliphatic imine (C=N–C) groups is 2. The first-order chi connectivity index (χ1) is 6.62. The van der Waals surface area contributed by atoms with Crippen LogP contribution in [0.25, 0.3) is 0 Å². The van der Waals surface area contributed by atoms with Gasteiger partial charge in [0.2, 0.25) is 16.6 Å². The summed E-state index contributed by atoms with van der Waals surface area (Å²) in [5, 5.41) is 0. The molecule has 0 bridgehead atoms. The normalized spacial score (nSPS) is 10.1. The van der Waals surface area contributed by atoms with Crippen molar-refractivity contribution in [2.75, 3.05) is 6.54 Å². The fourth-order valence-corrected chi connectivity index (χ4v) is 1.21. The maximum Gasteiger partial charge on any atom is 0.238 e. The molecule has 0 aliphatic carbocycles. The molecule has 0 aromatic carbocycles. The van der Waals surface area contributed by atoms with Crippen LogP contribution in [0.2, 0.25) is 0 Å². The van der Waals surface area contributed by atoms with Crippen LogP contribution in [-0.2, 0) is 9.59 Å². The summed E-state index contributed by atoms with van der Waals surface area (Å²) in [5.74, 6) is 0. The van der Waals surface area contributed by atoms with Crippen LogP contribution in [-0.4, -0.2) is 23.2 Å². The van der Waals surface area contributed by atoms with Crippen molar-refractivity contribution in [2.24, 2.45) is 9.98 Å². The van der Waals surface area contributed by atoms with Crippen LogP contribution in [0.5, 0.6) is 0 Å². The Morgan fingerprint density at radius 3 is 2.36 bits per heavy atom. The van der Waals surface area contributed by atoms with Gasteiger partial charge in [-0.2, -0.15) is 4.99 Å². The van der Waals surface area contributed by atoms with Crippen LogP contribution in [0.1, 0.15) is 25.7 Å². The van der Waals surface area contributed by atoms with E-state index in [0.717, 1.165) is 12.8 Å². The van der Waals surface area contributed by atoms with Crippen molar-refractivity contribution in [2.45, 2.75) is 30.1 Å². The molecular formula is C8H10Cl2N2O2. The summed E-state index contributed by atoms with van der Waals surface area (Å²) in [6, 6.07) is 0. The second-order valence-electron chi connectivity index (χ2n) is 2.65. The Balaban J connectivity index is 3.53. The molecule has 0 radical (unpaired) electrons. The van der Waals surface area contributed by atoms with Crippen LogP contribution in [0.4, 0.5) is 0 Å². The van der Waals surface area contributed by atoms with Gasteiger partial charge in [-0.05, 0) is 12.8 Å². The molecule has 0 unspecified atom stereocenters. The highest BCUT2D eigenvalue weighted by molar-refractivity contribution is 6.48. The van der Waals surface area contributed by atoms with E-state index in [4.69, 9.17) is 23.2 Å². The number of rotatable bonds is 7. The second-order valence-corrected chi connectivity index (χ2v) is 4.10. The number of halogens is 2. The van der Waals surface area contributed by atoms with E-state index in [-0.39, 0.29) is 0 Å². The van der Waals surface area contributed by atoms with Crippen LogP contribution in [0.3, 0.4) is 0 Å². The number of isocyanates is 2. The van der Waals surface area contributed by atoms with E-state index in [0.29, 0.717) is 19.4 Å². The number of alkyl halides is 2. The summed E-state index contributed by atoms with van der Waals surface area (Å²) in [4.78, 5) is 26.2. The lowest BCUT2D eigenvalue weighted by atomic mass is 10.2. The lowest BCUT2D eigenvalue weighted by Crippen LogP contribution is -2.07. The summed E-state index contributed by atoms with van der Waals surface area (Å²) in [6.45, 7) is 0.456. The largest absolute Gasteiger partial charge is 0.238 e. The Labute approximate surface area is 92.0 Å². The number of hydrogen-bond donors (Lipinski definition) is 0. The van der Waals surface area contributed by atoms with Crippen molar-refractivity contribution < 1.29 is 9.59 Å². The maximum atomic E-state index is 9.88. The molecule has 78 valence electrons. The van der Waals surface area contributed by atoms with Gasteiger partial charge in [0, 0.05) is 6.42 Å². The average Bonchev–Trinajstić information content (AvgIpc) is 2.11. The van der Waals surface area contributed by atoms with Gasteiger partial charge in [-0.25, -0.2) is 14.6 Å². The van der Waals surface area contributed by atoms with Crippen LogP contribution >= 0.6 is 23.2 Å². The maximum absolute atomic E-state index is 9.88. The highest BCUT2D eigenvalue weighted by Gasteiger charge is 2.21. The molecule has 0 aromatic heterocycles. The Kier molecular flexibility index (Phi) is 7.35. The minimum absolute atomic E-state index is 0.385. The first-order valence-corrected chi connectivity index (χ1v) is 4.88. The van der Waals surface area contributed by atoms with Gasteiger partial charge >= 0.3 is 0 Å². The molecule has 6 heteroatoms. The van der Waals surface area contributed by atoms with Gasteiger partial charge in [0.1, 0.15) is 0 Å². The molecule has 0 aromatic rings. The molecule has 0 fully saturated rings. The van der Waals surface area contributed by atoms with Crippen molar-refractivity contribution in [3.63, 3.8) is 0 Å². The van der Waals surface area contributed by atoms with E-state index in [1.807, 2.05) is 0 Å². The zero-order valence-electron chi connectivity index (χ0n) is 7.50. The quantitative estimate of drug-likeness (QED) is 0.224. The third-order valence-electron chi connectivity index (χ3n) is 1.52. The molecule has 0 amide bonds. The highest BCUT2D eigenvalue weighted by Crippen LogP contribution is 2.28. The third kappa shape index (κ3) is 7.96. The van der Waals surface area contributed by atoms with E-state index >= 15 is 0 Å². The molecule has 0 atom stereocenters. The molecule has 0 aliphatic heterocycles. The number of unbranched alkanes of at least 4 members (excludes halogenated alkanes) is 2. The van der Waals surface area contributed by atoms with Gasteiger partial charge in [0.25, 0.3) is 0 Å². The Hall–Kier alpha value is -0.660. The average molecular weight is 237 g/mol. The molecule has 0 rings (SSSR count). The molecule has 0 heterocycles. The van der Waals surface area contributed by atoms with Gasteiger partial charge in [-0.15, -0.1) is 0 Å². The zero-order chi connectivity index (χ0) is 10.9. The summed E-state index contributed by atoms with van der Waals surface area (Å²) in [6.07, 6.45) is 5.45. The van der Waals surface area contributed by atoms with Crippen molar-refractivity contribution in [1.82, 2.24) is 0 Å². The number of hydrogen-bond acceptors (Lipinski definition) is 4. The van der Waals surface area contributed by atoms with E-state index in [2.05, 4.69) is 9.98 Å². The van der Waals surface area contributed by atoms with Gasteiger partial charge in [0.15, 0.2) is 0 Å². The summed E-state index contributed by atoms with van der Waals surface area (Å²) < 4.78 is -1.37. The van der Waals surface area contributed by atoms with Crippen LogP contribution in [0.15, 0.2) is 9.98 Å². The molecular weight excluding hydrogens is 227 g/mol. The van der Waals surface area contributed by atoms with Gasteiger partial charge in [0.05, 0.1) is 6.54 Å². The predicted molar refractivity (Wildman–Crippen MR) is 54.0 cm³/mol. The molecule has 0 saturated carbocycles. The van der Waals surface area contributed by atoms with Crippen LogP contribution in [0, 0.1) is 0 Å². The second kappa shape index (κ2) is 7.72. The van der Waals surface area contributed by atoms with Crippen molar-refractivity contribution in [3.8, 4) is 0 Å². The molecule has 0 spiro atoms. The lowest BCUT2D eigenvalue weighted by molar-refractivity contribution is 0.551. The van der Waals surface area contributed by atoms with Crippen LogP contribution < -0.4 is 0 Å². The summed E-state index contributed by atoms with van der Waals surface area (Å²) in [5.41, 5.74) is 0. The Bertz CT molecular complexity index is 256. The van der Waals surface area contributed by atoms with Crippen molar-refractivity contribution in [3.05, 3.63) is 0 Å². The number of carbonyl (C=O) groups excluding carboxylic acids is 2. The lowest BCUT2D eigenvalue weighted by Gasteiger charge is -2.10. The minimum atomic E-state index is -1.37. The molecule has 4 nitrogen and oxygen atoms in total. The number of nitrogens with zero attached hydrogens (tertiary/aromatic N) is 2. The minimum Gasteiger partial charge on any atom is -0.211 e. The van der Waals surface area contributed by atoms with Crippen molar-refractivity contribution in [1.29, 1.82) is 0 Å². The van der Waals surface area contributed by atoms with E-state index < -0.39 is 4.46 Å². The van der Waals surface area contributed by atoms with E-state index in [9.17, 15) is 9.59 Å². The smallest absolute Gasteiger partial charge is 0.211 e.